The maximum Gasteiger partial charge on any atom is 0.227 e. The van der Waals surface area contributed by atoms with Crippen LogP contribution in [0.5, 0.6) is 5.75 Å². The van der Waals surface area contributed by atoms with E-state index in [9.17, 15) is 18.7 Å². The lowest BCUT2D eigenvalue weighted by Gasteiger charge is -2.28. The normalized spacial score (nSPS) is 18.6. The fraction of sp³-hybridized carbons (Fsp3) is 0.316. The molecular weight excluding hydrogens is 328 g/mol. The van der Waals surface area contributed by atoms with Crippen molar-refractivity contribution in [1.29, 1.82) is 0 Å². The number of ether oxygens (including phenoxy) is 1. The fourth-order valence-corrected chi connectivity index (χ4v) is 2.85. The van der Waals surface area contributed by atoms with Crippen LogP contribution in [0.3, 0.4) is 0 Å². The molecule has 0 aliphatic carbocycles. The number of nitrogens with one attached hydrogen (secondary N) is 1. The molecule has 2 N–H and O–H groups in total. The molecule has 0 saturated carbocycles. The second kappa shape index (κ2) is 6.80. The number of amides is 1. The average molecular weight is 347 g/mol. The van der Waals surface area contributed by atoms with Gasteiger partial charge in [0.1, 0.15) is 29.6 Å². The van der Waals surface area contributed by atoms with E-state index in [-0.39, 0.29) is 24.9 Å². The number of fused-ring (bicyclic) bond motifs is 1. The average Bonchev–Trinajstić information content (AvgIpc) is 2.59. The van der Waals surface area contributed by atoms with E-state index in [0.717, 1.165) is 0 Å². The van der Waals surface area contributed by atoms with Crippen LogP contribution in [0.2, 0.25) is 0 Å². The van der Waals surface area contributed by atoms with Crippen LogP contribution in [0.25, 0.3) is 0 Å². The van der Waals surface area contributed by atoms with Gasteiger partial charge in [0, 0.05) is 0 Å². The molecule has 1 aliphatic rings. The standard InChI is InChI=1S/C19H19F2NO3/c1-19(24,14-2-4-15(20)5-3-14)11-22-18(23)13-8-12-9-16(21)6-7-17(12)25-10-13/h2-7,9,13,24H,8,10-11H2,1H3,(H,22,23). The largest absolute Gasteiger partial charge is 0.492 e. The van der Waals surface area contributed by atoms with E-state index >= 15 is 0 Å². The number of rotatable bonds is 4. The highest BCUT2D eigenvalue weighted by Gasteiger charge is 2.29. The predicted octanol–water partition coefficient (Wildman–Crippen LogP) is 2.54. The number of aliphatic hydroxyl groups is 1. The Kier molecular flexibility index (Phi) is 4.72. The van der Waals surface area contributed by atoms with Gasteiger partial charge in [0.05, 0.1) is 12.5 Å². The second-order valence-corrected chi connectivity index (χ2v) is 6.46. The molecule has 4 nitrogen and oxygen atoms in total. The van der Waals surface area contributed by atoms with Crippen molar-refractivity contribution in [3.63, 3.8) is 0 Å². The minimum absolute atomic E-state index is 0.0238. The Bertz CT molecular complexity index is 775. The van der Waals surface area contributed by atoms with Crippen molar-refractivity contribution in [2.45, 2.75) is 18.9 Å². The first-order chi connectivity index (χ1) is 11.8. The van der Waals surface area contributed by atoms with E-state index < -0.39 is 17.3 Å². The molecule has 0 fully saturated rings. The third kappa shape index (κ3) is 3.96. The molecule has 0 aromatic heterocycles. The van der Waals surface area contributed by atoms with Crippen molar-refractivity contribution in [1.82, 2.24) is 5.32 Å². The van der Waals surface area contributed by atoms with Gasteiger partial charge in [-0.2, -0.15) is 0 Å². The van der Waals surface area contributed by atoms with Gasteiger partial charge >= 0.3 is 0 Å². The molecule has 132 valence electrons. The van der Waals surface area contributed by atoms with Crippen molar-refractivity contribution < 1.29 is 23.4 Å². The molecule has 2 aromatic carbocycles. The van der Waals surface area contributed by atoms with Gasteiger partial charge in [-0.15, -0.1) is 0 Å². The maximum atomic E-state index is 13.3. The summed E-state index contributed by atoms with van der Waals surface area (Å²) in [7, 11) is 0. The van der Waals surface area contributed by atoms with E-state index in [1.54, 1.807) is 13.0 Å². The molecule has 3 rings (SSSR count). The molecule has 2 unspecified atom stereocenters. The van der Waals surface area contributed by atoms with E-state index in [1.807, 2.05) is 0 Å². The third-order valence-electron chi connectivity index (χ3n) is 4.37. The lowest BCUT2D eigenvalue weighted by atomic mass is 9.94. The van der Waals surface area contributed by atoms with Crippen LogP contribution >= 0.6 is 0 Å². The summed E-state index contributed by atoms with van der Waals surface area (Å²) in [5, 5.41) is 13.2. The summed E-state index contributed by atoms with van der Waals surface area (Å²) >= 11 is 0. The molecule has 0 saturated heterocycles. The Labute approximate surface area is 144 Å². The smallest absolute Gasteiger partial charge is 0.227 e. The molecule has 6 heteroatoms. The van der Waals surface area contributed by atoms with E-state index in [1.165, 1.54) is 36.4 Å². The van der Waals surface area contributed by atoms with Crippen molar-refractivity contribution >= 4 is 5.91 Å². The van der Waals surface area contributed by atoms with Crippen LogP contribution < -0.4 is 10.1 Å². The van der Waals surface area contributed by atoms with E-state index in [2.05, 4.69) is 5.32 Å². The van der Waals surface area contributed by atoms with Gasteiger partial charge in [-0.1, -0.05) is 12.1 Å². The molecule has 0 spiro atoms. The van der Waals surface area contributed by atoms with Crippen LogP contribution in [-0.4, -0.2) is 24.2 Å². The topological polar surface area (TPSA) is 58.6 Å². The molecule has 1 aliphatic heterocycles. The quantitative estimate of drug-likeness (QED) is 0.894. The van der Waals surface area contributed by atoms with Gasteiger partial charge in [0.25, 0.3) is 0 Å². The predicted molar refractivity (Wildman–Crippen MR) is 88.1 cm³/mol. The van der Waals surface area contributed by atoms with Crippen LogP contribution in [0, 0.1) is 17.6 Å². The maximum absolute atomic E-state index is 13.3. The summed E-state index contributed by atoms with van der Waals surface area (Å²) in [6.45, 7) is 1.72. The third-order valence-corrected chi connectivity index (χ3v) is 4.37. The van der Waals surface area contributed by atoms with Crippen LogP contribution in [-0.2, 0) is 16.8 Å². The van der Waals surface area contributed by atoms with Gasteiger partial charge in [0.2, 0.25) is 5.91 Å². The van der Waals surface area contributed by atoms with Gasteiger partial charge in [-0.3, -0.25) is 4.79 Å². The number of benzene rings is 2. The first-order valence-electron chi connectivity index (χ1n) is 8.02. The molecule has 1 amide bonds. The summed E-state index contributed by atoms with van der Waals surface area (Å²) in [6.07, 6.45) is 0.373. The first-order valence-corrected chi connectivity index (χ1v) is 8.02. The number of carbonyl (C=O) groups excluding carboxylic acids is 1. The van der Waals surface area contributed by atoms with Crippen molar-refractivity contribution in [3.05, 3.63) is 65.2 Å². The number of halogens is 2. The van der Waals surface area contributed by atoms with Crippen LogP contribution in [0.4, 0.5) is 8.78 Å². The monoisotopic (exact) mass is 347 g/mol. The fourth-order valence-electron chi connectivity index (χ4n) is 2.85. The molecule has 2 atom stereocenters. The SMILES string of the molecule is CC(O)(CNC(=O)C1COc2ccc(F)cc2C1)c1ccc(F)cc1. The van der Waals surface area contributed by atoms with Crippen LogP contribution in [0.1, 0.15) is 18.1 Å². The molecule has 25 heavy (non-hydrogen) atoms. The highest BCUT2D eigenvalue weighted by atomic mass is 19.1. The summed E-state index contributed by atoms with van der Waals surface area (Å²) in [6, 6.07) is 9.70. The first kappa shape index (κ1) is 17.4. The zero-order chi connectivity index (χ0) is 18.0. The van der Waals surface area contributed by atoms with Gasteiger partial charge in [-0.05, 0) is 54.8 Å². The number of hydrogen-bond donors (Lipinski definition) is 2. The van der Waals surface area contributed by atoms with Gasteiger partial charge in [0.15, 0.2) is 0 Å². The zero-order valence-corrected chi connectivity index (χ0v) is 13.8. The van der Waals surface area contributed by atoms with Crippen molar-refractivity contribution in [2.24, 2.45) is 5.92 Å². The Morgan fingerprint density at radius 1 is 1.24 bits per heavy atom. The summed E-state index contributed by atoms with van der Waals surface area (Å²) in [4.78, 5) is 12.4. The molecule has 2 aromatic rings. The summed E-state index contributed by atoms with van der Waals surface area (Å²) < 4.78 is 31.8. The molecule has 1 heterocycles. The van der Waals surface area contributed by atoms with E-state index in [4.69, 9.17) is 4.74 Å². The van der Waals surface area contributed by atoms with Gasteiger partial charge < -0.3 is 15.2 Å². The Hall–Kier alpha value is -2.47. The Morgan fingerprint density at radius 2 is 1.92 bits per heavy atom. The Morgan fingerprint density at radius 3 is 2.64 bits per heavy atom. The van der Waals surface area contributed by atoms with Gasteiger partial charge in [-0.25, -0.2) is 8.78 Å². The summed E-state index contributed by atoms with van der Waals surface area (Å²) in [5.41, 5.74) is -0.179. The van der Waals surface area contributed by atoms with Crippen molar-refractivity contribution in [2.75, 3.05) is 13.2 Å². The highest BCUT2D eigenvalue weighted by molar-refractivity contribution is 5.79. The molecule has 0 bridgehead atoms. The lowest BCUT2D eigenvalue weighted by Crippen LogP contribution is -2.43. The van der Waals surface area contributed by atoms with E-state index in [0.29, 0.717) is 23.3 Å². The minimum atomic E-state index is -1.33. The molecular formula is C19H19F2NO3. The zero-order valence-electron chi connectivity index (χ0n) is 13.8. The van der Waals surface area contributed by atoms with Crippen LogP contribution in [0.15, 0.2) is 42.5 Å². The number of carbonyl (C=O) groups is 1. The van der Waals surface area contributed by atoms with Crippen molar-refractivity contribution in [3.8, 4) is 5.75 Å². The molecule has 0 radical (unpaired) electrons. The Balaban J connectivity index is 1.62. The number of hydrogen-bond acceptors (Lipinski definition) is 3. The minimum Gasteiger partial charge on any atom is -0.492 e. The second-order valence-electron chi connectivity index (χ2n) is 6.46. The summed E-state index contributed by atoms with van der Waals surface area (Å²) in [5.74, 6) is -0.920. The lowest BCUT2D eigenvalue weighted by molar-refractivity contribution is -0.127. The highest BCUT2D eigenvalue weighted by Crippen LogP contribution is 2.28.